The van der Waals surface area contributed by atoms with E-state index in [1.165, 1.54) is 25.7 Å². The van der Waals surface area contributed by atoms with Gasteiger partial charge < -0.3 is 0 Å². The van der Waals surface area contributed by atoms with Crippen molar-refractivity contribution in [3.8, 4) is 0 Å². The van der Waals surface area contributed by atoms with Crippen LogP contribution in [0.4, 0.5) is 0 Å². The molecule has 0 aromatic heterocycles. The van der Waals surface area contributed by atoms with Crippen LogP contribution in [0, 0.1) is 22.2 Å². The fraction of sp³-hybridized carbons (Fsp3) is 0.867. The lowest BCUT2D eigenvalue weighted by Crippen LogP contribution is -2.42. The fourth-order valence-electron chi connectivity index (χ4n) is 5.15. The van der Waals surface area contributed by atoms with Crippen molar-refractivity contribution in [3.63, 3.8) is 0 Å². The Morgan fingerprint density at radius 1 is 1.19 bits per heavy atom. The van der Waals surface area contributed by atoms with Crippen molar-refractivity contribution in [1.29, 1.82) is 0 Å². The molecule has 3 unspecified atom stereocenters. The van der Waals surface area contributed by atoms with E-state index < -0.39 is 0 Å². The molecule has 2 radical (unpaired) electrons. The molecule has 86 valence electrons. The molecule has 16 heavy (non-hydrogen) atoms. The van der Waals surface area contributed by atoms with Crippen LogP contribution in [0.1, 0.15) is 53.4 Å². The molecule has 2 saturated carbocycles. The van der Waals surface area contributed by atoms with Gasteiger partial charge in [0, 0.05) is 0 Å². The molecule has 0 heterocycles. The van der Waals surface area contributed by atoms with Crippen molar-refractivity contribution in [1.82, 2.24) is 0 Å². The highest BCUT2D eigenvalue weighted by Gasteiger charge is 2.64. The third-order valence-electron chi connectivity index (χ3n) is 6.17. The summed E-state index contributed by atoms with van der Waals surface area (Å²) in [5.41, 5.74) is 3.36. The van der Waals surface area contributed by atoms with Gasteiger partial charge in [0.2, 0.25) is 0 Å². The monoisotopic (exact) mass is 230 g/mol. The average Bonchev–Trinajstić information content (AvgIpc) is 2.63. The predicted molar refractivity (Wildman–Crippen MR) is 69.5 cm³/mol. The van der Waals surface area contributed by atoms with Crippen molar-refractivity contribution in [2.24, 2.45) is 22.2 Å². The number of allylic oxidation sites excluding steroid dienone is 2. The second kappa shape index (κ2) is 2.99. The number of rotatable bonds is 0. The molecule has 0 aromatic carbocycles. The molecule has 2 bridgehead atoms. The van der Waals surface area contributed by atoms with E-state index >= 15 is 0 Å². The Labute approximate surface area is 108 Å². The lowest BCUT2D eigenvalue weighted by molar-refractivity contribution is 0.0905. The van der Waals surface area contributed by atoms with E-state index in [-0.39, 0.29) is 0 Å². The van der Waals surface area contributed by atoms with Crippen molar-refractivity contribution in [2.75, 3.05) is 0 Å². The Kier molecular flexibility index (Phi) is 2.12. The van der Waals surface area contributed by atoms with Gasteiger partial charge >= 0.3 is 0 Å². The molecule has 0 aromatic rings. The largest absolute Gasteiger partial charge is 0.130 e. The summed E-state index contributed by atoms with van der Waals surface area (Å²) in [5, 5.41) is 0. The van der Waals surface area contributed by atoms with Gasteiger partial charge in [0.25, 0.3) is 0 Å². The lowest BCUT2D eigenvalue weighted by Gasteiger charge is -2.53. The van der Waals surface area contributed by atoms with Gasteiger partial charge in [-0.15, -0.1) is 0 Å². The van der Waals surface area contributed by atoms with Crippen LogP contribution in [0.2, 0.25) is 4.78 Å². The molecular formula is C15H23Al. The standard InChI is InChI=1S/C15H23.Al/c1-13(2)8-5-6-12-14(3,4)11-7-9-15(12,13)10-11;/h5-6,11H,7-10H2,1-4H3;. The topological polar surface area (TPSA) is 0 Å². The van der Waals surface area contributed by atoms with Crippen LogP contribution >= 0.6 is 0 Å². The predicted octanol–water partition coefficient (Wildman–Crippen LogP) is 4.13. The summed E-state index contributed by atoms with van der Waals surface area (Å²) in [6, 6.07) is 0. The van der Waals surface area contributed by atoms with Gasteiger partial charge in [0.15, 0.2) is 0 Å². The van der Waals surface area contributed by atoms with Crippen LogP contribution < -0.4 is 0 Å². The Morgan fingerprint density at radius 3 is 2.56 bits per heavy atom. The van der Waals surface area contributed by atoms with Crippen molar-refractivity contribution in [2.45, 2.75) is 58.2 Å². The van der Waals surface area contributed by atoms with E-state index in [4.69, 9.17) is 0 Å². The normalized spacial score (nSPS) is 47.6. The maximum absolute atomic E-state index is 3.05. The quantitative estimate of drug-likeness (QED) is 0.433. The van der Waals surface area contributed by atoms with Gasteiger partial charge in [0.1, 0.15) is 16.3 Å². The summed E-state index contributed by atoms with van der Waals surface area (Å²) in [6.45, 7) is 10.0. The summed E-state index contributed by atoms with van der Waals surface area (Å²) in [6.07, 6.45) is 8.35. The summed E-state index contributed by atoms with van der Waals surface area (Å²) >= 11 is 3.05. The fourth-order valence-corrected chi connectivity index (χ4v) is 5.94. The maximum Gasteiger partial charge on any atom is 0.130 e. The highest BCUT2D eigenvalue weighted by molar-refractivity contribution is 6.13. The number of fused-ring (bicyclic) bond motifs is 1. The van der Waals surface area contributed by atoms with Gasteiger partial charge in [0.05, 0.1) is 0 Å². The van der Waals surface area contributed by atoms with E-state index in [2.05, 4.69) is 50.1 Å². The van der Waals surface area contributed by atoms with Crippen molar-refractivity contribution < 1.29 is 0 Å². The van der Waals surface area contributed by atoms with E-state index in [9.17, 15) is 0 Å². The molecule has 1 spiro atoms. The van der Waals surface area contributed by atoms with Crippen LogP contribution in [0.15, 0.2) is 11.6 Å². The molecule has 0 N–H and O–H groups in total. The first-order valence-corrected chi connectivity index (χ1v) is 7.45. The molecule has 0 nitrogen and oxygen atoms in total. The maximum atomic E-state index is 3.05. The SMILES string of the molecule is CC1(C)C2=C[CH]([Al])CC(C)(C)C23CCC1C3. The third-order valence-corrected chi connectivity index (χ3v) is 6.60. The summed E-state index contributed by atoms with van der Waals surface area (Å²) in [5.74, 6) is 0.952. The molecular weight excluding hydrogens is 207 g/mol. The zero-order valence-corrected chi connectivity index (χ0v) is 12.3. The van der Waals surface area contributed by atoms with Crippen LogP contribution in [0.3, 0.4) is 0 Å². The summed E-state index contributed by atoms with van der Waals surface area (Å²) in [7, 11) is 0. The van der Waals surface area contributed by atoms with Crippen LogP contribution in [0.25, 0.3) is 0 Å². The highest BCUT2D eigenvalue weighted by atomic mass is 27.0. The summed E-state index contributed by atoms with van der Waals surface area (Å²) in [4.78, 5) is 0. The lowest BCUT2D eigenvalue weighted by atomic mass is 9.53. The van der Waals surface area contributed by atoms with Gasteiger partial charge in [-0.25, -0.2) is 0 Å². The second-order valence-electron chi connectivity index (χ2n) is 7.58. The van der Waals surface area contributed by atoms with E-state index in [0.29, 0.717) is 21.0 Å². The van der Waals surface area contributed by atoms with E-state index in [0.717, 1.165) is 5.92 Å². The molecule has 0 aliphatic heterocycles. The second-order valence-corrected chi connectivity index (χ2v) is 8.43. The minimum atomic E-state index is 0.477. The van der Waals surface area contributed by atoms with Crippen LogP contribution in [-0.4, -0.2) is 16.3 Å². The first-order chi connectivity index (χ1) is 7.30. The molecule has 0 amide bonds. The van der Waals surface area contributed by atoms with Crippen molar-refractivity contribution >= 4 is 16.3 Å². The number of hydrogen-bond donors (Lipinski definition) is 0. The summed E-state index contributed by atoms with van der Waals surface area (Å²) < 4.78 is 0.703. The Hall–Kier alpha value is 0.272. The first kappa shape index (κ1) is 11.4. The van der Waals surface area contributed by atoms with Crippen LogP contribution in [-0.2, 0) is 0 Å². The minimum absolute atomic E-state index is 0.477. The molecule has 3 atom stereocenters. The number of hydrogen-bond acceptors (Lipinski definition) is 0. The smallest absolute Gasteiger partial charge is 0.0965 e. The first-order valence-electron chi connectivity index (χ1n) is 6.78. The van der Waals surface area contributed by atoms with Crippen molar-refractivity contribution in [3.05, 3.63) is 11.6 Å². The van der Waals surface area contributed by atoms with Gasteiger partial charge in [-0.05, 0) is 41.4 Å². The zero-order valence-electron chi connectivity index (χ0n) is 11.1. The van der Waals surface area contributed by atoms with Gasteiger partial charge in [-0.1, -0.05) is 50.5 Å². The minimum Gasteiger partial charge on any atom is -0.0965 e. The molecule has 3 aliphatic carbocycles. The molecule has 2 fully saturated rings. The van der Waals surface area contributed by atoms with Gasteiger partial charge in [-0.3, -0.25) is 0 Å². The molecule has 0 saturated heterocycles. The Bertz CT molecular complexity index is 364. The van der Waals surface area contributed by atoms with E-state index in [1.54, 1.807) is 0 Å². The molecule has 3 aliphatic rings. The third kappa shape index (κ3) is 1.13. The average molecular weight is 230 g/mol. The molecule has 1 heteroatoms. The van der Waals surface area contributed by atoms with E-state index in [1.807, 2.05) is 5.57 Å². The zero-order chi connectivity index (χ0) is 11.8. The van der Waals surface area contributed by atoms with Gasteiger partial charge in [-0.2, -0.15) is 0 Å². The molecule has 3 rings (SSSR count). The highest BCUT2D eigenvalue weighted by Crippen LogP contribution is 2.74. The Morgan fingerprint density at radius 2 is 1.88 bits per heavy atom. The Balaban J connectivity index is 2.18. The van der Waals surface area contributed by atoms with Crippen LogP contribution in [0.5, 0.6) is 0 Å².